The molecule has 0 atom stereocenters. The van der Waals surface area contributed by atoms with E-state index < -0.39 is 11.7 Å². The standard InChI is InChI=1S/C31H30Cl2F3N3O2/c1-2-3-15-39(30(41)22-10-13-26(32)27(33)17-22)20-29(40)38(19-21-8-11-24(12-9-21)31(34,35)36)16-14-23-18-37-28-7-5-4-6-25(23)28/h4-13,17-18,37H,2-3,14-16,19-20H2,1H3. The van der Waals surface area contributed by atoms with Gasteiger partial charge in [-0.1, -0.05) is 66.9 Å². The van der Waals surface area contributed by atoms with E-state index in [1.54, 1.807) is 11.0 Å². The first kappa shape index (κ1) is 30.5. The second-order valence-electron chi connectivity index (χ2n) is 9.83. The lowest BCUT2D eigenvalue weighted by Crippen LogP contribution is -2.43. The zero-order valence-electron chi connectivity index (χ0n) is 22.5. The molecule has 0 aliphatic rings. The minimum atomic E-state index is -4.45. The van der Waals surface area contributed by atoms with E-state index in [0.717, 1.165) is 35.0 Å². The van der Waals surface area contributed by atoms with Crippen molar-refractivity contribution in [3.8, 4) is 0 Å². The highest BCUT2D eigenvalue weighted by Crippen LogP contribution is 2.29. The van der Waals surface area contributed by atoms with Crippen molar-refractivity contribution >= 4 is 45.9 Å². The second-order valence-corrected chi connectivity index (χ2v) is 10.6. The summed E-state index contributed by atoms with van der Waals surface area (Å²) in [6.07, 6.45) is -0.531. The van der Waals surface area contributed by atoms with E-state index in [1.807, 2.05) is 37.4 Å². The Morgan fingerprint density at radius 1 is 0.902 bits per heavy atom. The average Bonchev–Trinajstić information content (AvgIpc) is 3.37. The number of carbonyl (C=O) groups excluding carboxylic acids is 2. The fourth-order valence-corrected chi connectivity index (χ4v) is 4.88. The number of hydrogen-bond acceptors (Lipinski definition) is 2. The number of para-hydroxylation sites is 1. The summed E-state index contributed by atoms with van der Waals surface area (Å²) in [6, 6.07) is 17.2. The van der Waals surface area contributed by atoms with Crippen molar-refractivity contribution < 1.29 is 22.8 Å². The highest BCUT2D eigenvalue weighted by Gasteiger charge is 2.30. The van der Waals surface area contributed by atoms with Crippen molar-refractivity contribution in [1.82, 2.24) is 14.8 Å². The molecule has 0 radical (unpaired) electrons. The molecule has 0 spiro atoms. The van der Waals surface area contributed by atoms with Crippen molar-refractivity contribution in [1.29, 1.82) is 0 Å². The molecule has 41 heavy (non-hydrogen) atoms. The minimum Gasteiger partial charge on any atom is -0.361 e. The third-order valence-corrected chi connectivity index (χ3v) is 7.63. The smallest absolute Gasteiger partial charge is 0.361 e. The molecular formula is C31H30Cl2F3N3O2. The molecule has 0 unspecified atom stereocenters. The van der Waals surface area contributed by atoms with Crippen LogP contribution in [0.3, 0.4) is 0 Å². The quantitative estimate of drug-likeness (QED) is 0.189. The number of halogens is 5. The molecule has 4 aromatic rings. The maximum atomic E-state index is 13.7. The number of nitrogens with zero attached hydrogens (tertiary/aromatic N) is 2. The highest BCUT2D eigenvalue weighted by molar-refractivity contribution is 6.42. The van der Waals surface area contributed by atoms with E-state index in [9.17, 15) is 22.8 Å². The lowest BCUT2D eigenvalue weighted by atomic mass is 10.1. The van der Waals surface area contributed by atoms with Crippen molar-refractivity contribution in [2.24, 2.45) is 0 Å². The van der Waals surface area contributed by atoms with Gasteiger partial charge in [-0.05, 0) is 60.4 Å². The van der Waals surface area contributed by atoms with Crippen LogP contribution in [0, 0.1) is 0 Å². The van der Waals surface area contributed by atoms with Crippen molar-refractivity contribution in [2.45, 2.75) is 38.9 Å². The number of hydrogen-bond donors (Lipinski definition) is 1. The Hall–Kier alpha value is -3.49. The number of amides is 2. The van der Waals surface area contributed by atoms with Gasteiger partial charge in [0, 0.05) is 42.3 Å². The molecular weight excluding hydrogens is 574 g/mol. The molecule has 0 fully saturated rings. The van der Waals surface area contributed by atoms with Crippen molar-refractivity contribution in [2.75, 3.05) is 19.6 Å². The summed E-state index contributed by atoms with van der Waals surface area (Å²) in [6.45, 7) is 2.57. The number of aromatic nitrogens is 1. The van der Waals surface area contributed by atoms with Crippen LogP contribution in [0.25, 0.3) is 10.9 Å². The first-order valence-corrected chi connectivity index (χ1v) is 14.1. The topological polar surface area (TPSA) is 56.4 Å². The fourth-order valence-electron chi connectivity index (χ4n) is 4.58. The summed E-state index contributed by atoms with van der Waals surface area (Å²) < 4.78 is 39.3. The summed E-state index contributed by atoms with van der Waals surface area (Å²) in [5.74, 6) is -0.661. The Morgan fingerprint density at radius 2 is 1.63 bits per heavy atom. The zero-order valence-corrected chi connectivity index (χ0v) is 24.0. The Labute approximate surface area is 246 Å². The van der Waals surface area contributed by atoms with Crippen molar-refractivity contribution in [3.63, 3.8) is 0 Å². The number of H-pyrrole nitrogens is 1. The van der Waals surface area contributed by atoms with Gasteiger partial charge in [0.1, 0.15) is 6.54 Å². The SMILES string of the molecule is CCCCN(CC(=O)N(CCc1c[nH]c2ccccc12)Cc1ccc(C(F)(F)F)cc1)C(=O)c1ccc(Cl)c(Cl)c1. The number of fused-ring (bicyclic) bond motifs is 1. The Kier molecular flexibility index (Phi) is 9.99. The lowest BCUT2D eigenvalue weighted by molar-refractivity contribution is -0.137. The second kappa shape index (κ2) is 13.4. The van der Waals surface area contributed by atoms with Gasteiger partial charge in [0.05, 0.1) is 15.6 Å². The van der Waals surface area contributed by atoms with E-state index in [-0.39, 0.29) is 29.9 Å². The van der Waals surface area contributed by atoms with Crippen molar-refractivity contribution in [3.05, 3.63) is 105 Å². The van der Waals surface area contributed by atoms with Crippen LogP contribution < -0.4 is 0 Å². The van der Waals surface area contributed by atoms with Crippen LogP contribution in [-0.2, 0) is 23.9 Å². The predicted molar refractivity (Wildman–Crippen MR) is 156 cm³/mol. The van der Waals surface area contributed by atoms with Gasteiger partial charge in [0.2, 0.25) is 5.91 Å². The Balaban J connectivity index is 1.57. The molecule has 10 heteroatoms. The van der Waals surface area contributed by atoms with Gasteiger partial charge in [-0.25, -0.2) is 0 Å². The van der Waals surface area contributed by atoms with Crippen LogP contribution in [0.15, 0.2) is 72.9 Å². The van der Waals surface area contributed by atoms with E-state index in [4.69, 9.17) is 23.2 Å². The fraction of sp³-hybridized carbons (Fsp3) is 0.290. The first-order chi connectivity index (χ1) is 19.6. The monoisotopic (exact) mass is 603 g/mol. The van der Waals surface area contributed by atoms with Crippen LogP contribution in [0.5, 0.6) is 0 Å². The molecule has 2 amide bonds. The van der Waals surface area contributed by atoms with Crippen LogP contribution in [0.4, 0.5) is 13.2 Å². The zero-order chi connectivity index (χ0) is 29.6. The van der Waals surface area contributed by atoms with Crippen LogP contribution in [0.2, 0.25) is 10.0 Å². The van der Waals surface area contributed by atoms with Gasteiger partial charge in [-0.2, -0.15) is 13.2 Å². The number of benzene rings is 3. The number of nitrogens with one attached hydrogen (secondary N) is 1. The predicted octanol–water partition coefficient (Wildman–Crippen LogP) is 8.01. The molecule has 0 bridgehead atoms. The third kappa shape index (κ3) is 7.83. The molecule has 1 aromatic heterocycles. The molecule has 0 saturated carbocycles. The molecule has 0 aliphatic carbocycles. The average molecular weight is 605 g/mol. The molecule has 0 aliphatic heterocycles. The number of carbonyl (C=O) groups is 2. The number of alkyl halides is 3. The maximum absolute atomic E-state index is 13.7. The summed E-state index contributed by atoms with van der Waals surface area (Å²) in [5.41, 5.74) is 2.11. The molecule has 1 heterocycles. The molecule has 3 aromatic carbocycles. The van der Waals surface area contributed by atoms with E-state index >= 15 is 0 Å². The lowest BCUT2D eigenvalue weighted by Gasteiger charge is -2.28. The van der Waals surface area contributed by atoms with E-state index in [0.29, 0.717) is 42.1 Å². The summed E-state index contributed by atoms with van der Waals surface area (Å²) in [5, 5.41) is 1.59. The largest absolute Gasteiger partial charge is 0.416 e. The van der Waals surface area contributed by atoms with E-state index in [1.165, 1.54) is 29.2 Å². The van der Waals surface area contributed by atoms with Crippen LogP contribution in [-0.4, -0.2) is 46.2 Å². The molecule has 0 saturated heterocycles. The van der Waals surface area contributed by atoms with Crippen LogP contribution >= 0.6 is 23.2 Å². The van der Waals surface area contributed by atoms with Gasteiger partial charge >= 0.3 is 6.18 Å². The summed E-state index contributed by atoms with van der Waals surface area (Å²) in [4.78, 5) is 33.4. The Bertz CT molecular complexity index is 1500. The number of unbranched alkanes of at least 4 members (excludes halogenated alkanes) is 1. The van der Waals surface area contributed by atoms with Gasteiger partial charge in [-0.15, -0.1) is 0 Å². The number of aromatic amines is 1. The first-order valence-electron chi connectivity index (χ1n) is 13.3. The molecule has 4 rings (SSSR count). The highest BCUT2D eigenvalue weighted by atomic mass is 35.5. The number of rotatable bonds is 11. The molecule has 1 N–H and O–H groups in total. The Morgan fingerprint density at radius 3 is 2.32 bits per heavy atom. The van der Waals surface area contributed by atoms with Gasteiger partial charge in [0.15, 0.2) is 0 Å². The van der Waals surface area contributed by atoms with Gasteiger partial charge in [0.25, 0.3) is 5.91 Å². The molecule has 216 valence electrons. The van der Waals surface area contributed by atoms with Gasteiger partial charge < -0.3 is 14.8 Å². The summed E-state index contributed by atoms with van der Waals surface area (Å²) in [7, 11) is 0. The minimum absolute atomic E-state index is 0.0991. The van der Waals surface area contributed by atoms with Crippen LogP contribution in [0.1, 0.15) is 46.8 Å². The maximum Gasteiger partial charge on any atom is 0.416 e. The third-order valence-electron chi connectivity index (χ3n) is 6.89. The van der Waals surface area contributed by atoms with Gasteiger partial charge in [-0.3, -0.25) is 9.59 Å². The normalized spacial score (nSPS) is 11.6. The summed E-state index contributed by atoms with van der Waals surface area (Å²) >= 11 is 12.2. The molecule has 5 nitrogen and oxygen atoms in total. The van der Waals surface area contributed by atoms with E-state index in [2.05, 4.69) is 4.98 Å².